The van der Waals surface area contributed by atoms with Crippen LogP contribution < -0.4 is 4.41 Å². The number of benzene rings is 1. The van der Waals surface area contributed by atoms with E-state index in [9.17, 15) is 4.79 Å². The summed E-state index contributed by atoms with van der Waals surface area (Å²) in [5, 5.41) is 0. The largest absolute Gasteiger partial charge is 0.451 e. The predicted octanol–water partition coefficient (Wildman–Crippen LogP) is 2.73. The summed E-state index contributed by atoms with van der Waals surface area (Å²) in [6.45, 7) is 7.19. The topological polar surface area (TPSA) is 50.6 Å². The van der Waals surface area contributed by atoms with E-state index in [1.807, 2.05) is 24.3 Å². The number of hydrogen-bond acceptors (Lipinski definition) is 5. The zero-order valence-corrected chi connectivity index (χ0v) is 14.0. The van der Waals surface area contributed by atoms with Crippen molar-refractivity contribution >= 4 is 29.1 Å². The minimum Gasteiger partial charge on any atom is -0.451 e. The van der Waals surface area contributed by atoms with Crippen LogP contribution in [0.3, 0.4) is 0 Å². The number of methoxy groups -OCH3 is 1. The van der Waals surface area contributed by atoms with Crippen molar-refractivity contribution in [1.82, 2.24) is 14.6 Å². The van der Waals surface area contributed by atoms with Crippen molar-refractivity contribution in [3.05, 3.63) is 30.6 Å². The molecule has 0 saturated heterocycles. The molecule has 0 aliphatic carbocycles. The fourth-order valence-corrected chi connectivity index (χ4v) is 3.12. The lowest BCUT2D eigenvalue weighted by Gasteiger charge is -2.23. The molecule has 22 heavy (non-hydrogen) atoms. The number of para-hydroxylation sites is 2. The molecule has 1 aromatic heterocycles. The number of ether oxygens (including phenoxy) is 1. The fraction of sp³-hybridized carbons (Fsp3) is 0.467. The fourth-order valence-electron chi connectivity index (χ4n) is 2.17. The first kappa shape index (κ1) is 16.6. The van der Waals surface area contributed by atoms with E-state index in [-0.39, 0.29) is 0 Å². The van der Waals surface area contributed by atoms with Crippen LogP contribution in [0.2, 0.25) is 0 Å². The van der Waals surface area contributed by atoms with Crippen molar-refractivity contribution in [3.8, 4) is 0 Å². The zero-order chi connectivity index (χ0) is 15.9. The summed E-state index contributed by atoms with van der Waals surface area (Å²) in [5.41, 5.74) is 1.73. The molecular formula is C15H22N4O2S. The third-order valence-corrected chi connectivity index (χ3v) is 4.41. The van der Waals surface area contributed by atoms with Gasteiger partial charge in [-0.2, -0.15) is 4.41 Å². The normalized spacial score (nSPS) is 11.1. The Morgan fingerprint density at radius 3 is 2.73 bits per heavy atom. The monoisotopic (exact) mass is 322 g/mol. The van der Waals surface area contributed by atoms with Gasteiger partial charge in [0.1, 0.15) is 6.33 Å². The Labute approximate surface area is 135 Å². The Kier molecular flexibility index (Phi) is 6.09. The Morgan fingerprint density at radius 2 is 2.05 bits per heavy atom. The second kappa shape index (κ2) is 8.05. The van der Waals surface area contributed by atoms with E-state index in [0.717, 1.165) is 36.4 Å². The lowest BCUT2D eigenvalue weighted by molar-refractivity contribution is 0.179. The van der Waals surface area contributed by atoms with Crippen LogP contribution in [0.15, 0.2) is 30.6 Å². The molecule has 1 amide bonds. The molecule has 0 fully saturated rings. The Morgan fingerprint density at radius 1 is 1.32 bits per heavy atom. The molecule has 0 saturated carbocycles. The van der Waals surface area contributed by atoms with Gasteiger partial charge in [0.2, 0.25) is 0 Å². The standard InChI is InChI=1S/C15H22N4O2S/c1-4-17(5-2)10-11-22-19(15(20)21-3)18-12-16-13-8-6-7-9-14(13)18/h6-9,12H,4-5,10-11H2,1-3H3. The summed E-state index contributed by atoms with van der Waals surface area (Å²) in [6, 6.07) is 7.71. The van der Waals surface area contributed by atoms with E-state index in [2.05, 4.69) is 23.7 Å². The van der Waals surface area contributed by atoms with Crippen LogP contribution in [0, 0.1) is 0 Å². The maximum absolute atomic E-state index is 12.1. The van der Waals surface area contributed by atoms with Crippen molar-refractivity contribution in [3.63, 3.8) is 0 Å². The van der Waals surface area contributed by atoms with E-state index < -0.39 is 6.09 Å². The lowest BCUT2D eigenvalue weighted by atomic mass is 10.3. The number of hydrogen-bond donors (Lipinski definition) is 0. The second-order valence-electron chi connectivity index (χ2n) is 4.68. The zero-order valence-electron chi connectivity index (χ0n) is 13.2. The molecule has 2 rings (SSSR count). The molecule has 0 aliphatic rings. The number of fused-ring (bicyclic) bond motifs is 1. The predicted molar refractivity (Wildman–Crippen MR) is 90.6 cm³/mol. The second-order valence-corrected chi connectivity index (χ2v) is 5.69. The van der Waals surface area contributed by atoms with E-state index in [1.54, 1.807) is 11.0 Å². The molecular weight excluding hydrogens is 300 g/mol. The lowest BCUT2D eigenvalue weighted by Crippen LogP contribution is -2.35. The molecule has 0 unspecified atom stereocenters. The van der Waals surface area contributed by atoms with Crippen molar-refractivity contribution in [2.24, 2.45) is 0 Å². The number of nitrogens with zero attached hydrogens (tertiary/aromatic N) is 4. The first-order valence-corrected chi connectivity index (χ1v) is 8.31. The average Bonchev–Trinajstić information content (AvgIpc) is 2.98. The van der Waals surface area contributed by atoms with Crippen LogP contribution in [0.1, 0.15) is 13.8 Å². The molecule has 0 N–H and O–H groups in total. The van der Waals surface area contributed by atoms with Gasteiger partial charge >= 0.3 is 6.09 Å². The van der Waals surface area contributed by atoms with Gasteiger partial charge in [-0.3, -0.25) is 0 Å². The van der Waals surface area contributed by atoms with E-state index in [4.69, 9.17) is 4.74 Å². The molecule has 0 aliphatic heterocycles. The van der Waals surface area contributed by atoms with Crippen molar-refractivity contribution < 1.29 is 9.53 Å². The van der Waals surface area contributed by atoms with Crippen LogP contribution in [0.4, 0.5) is 4.79 Å². The Hall–Kier alpha value is -1.73. The van der Waals surface area contributed by atoms with Crippen molar-refractivity contribution in [2.75, 3.05) is 36.9 Å². The number of amides is 1. The van der Waals surface area contributed by atoms with Gasteiger partial charge in [-0.1, -0.05) is 26.0 Å². The summed E-state index contributed by atoms with van der Waals surface area (Å²) in [5.74, 6) is 0.795. The quantitative estimate of drug-likeness (QED) is 0.734. The number of carbonyl (C=O) groups is 1. The van der Waals surface area contributed by atoms with Gasteiger partial charge in [0, 0.05) is 12.3 Å². The summed E-state index contributed by atoms with van der Waals surface area (Å²) in [6.07, 6.45) is 1.24. The Bertz CT molecular complexity index is 612. The molecule has 7 heteroatoms. The molecule has 6 nitrogen and oxygen atoms in total. The van der Waals surface area contributed by atoms with Gasteiger partial charge in [-0.25, -0.2) is 14.5 Å². The van der Waals surface area contributed by atoms with Crippen LogP contribution in [-0.4, -0.2) is 53.2 Å². The number of aromatic nitrogens is 2. The SMILES string of the molecule is CCN(CC)CCSN(C(=O)OC)n1cnc2ccccc21. The van der Waals surface area contributed by atoms with Gasteiger partial charge in [0.15, 0.2) is 0 Å². The molecule has 120 valence electrons. The van der Waals surface area contributed by atoms with Gasteiger partial charge in [0.25, 0.3) is 0 Å². The van der Waals surface area contributed by atoms with Gasteiger partial charge < -0.3 is 9.64 Å². The number of imidazole rings is 1. The highest BCUT2D eigenvalue weighted by molar-refractivity contribution is 8.00. The van der Waals surface area contributed by atoms with E-state index in [0.29, 0.717) is 0 Å². The van der Waals surface area contributed by atoms with E-state index >= 15 is 0 Å². The molecule has 1 aromatic carbocycles. The highest BCUT2D eigenvalue weighted by Gasteiger charge is 2.19. The molecule has 0 atom stereocenters. The van der Waals surface area contributed by atoms with Crippen LogP contribution in [-0.2, 0) is 4.74 Å². The Balaban J connectivity index is 2.14. The third kappa shape index (κ3) is 3.72. The van der Waals surface area contributed by atoms with Crippen LogP contribution in [0.5, 0.6) is 0 Å². The van der Waals surface area contributed by atoms with Crippen LogP contribution in [0.25, 0.3) is 11.0 Å². The van der Waals surface area contributed by atoms with Gasteiger partial charge in [-0.15, -0.1) is 0 Å². The summed E-state index contributed by atoms with van der Waals surface area (Å²) in [4.78, 5) is 18.7. The maximum Gasteiger partial charge on any atom is 0.439 e. The highest BCUT2D eigenvalue weighted by Crippen LogP contribution is 2.18. The highest BCUT2D eigenvalue weighted by atomic mass is 32.2. The van der Waals surface area contributed by atoms with Gasteiger partial charge in [-0.05, 0) is 37.2 Å². The molecule has 0 bridgehead atoms. The van der Waals surface area contributed by atoms with E-state index in [1.165, 1.54) is 23.5 Å². The number of carbonyl (C=O) groups excluding carboxylic acids is 1. The van der Waals surface area contributed by atoms with Crippen molar-refractivity contribution in [1.29, 1.82) is 0 Å². The minimum atomic E-state index is -0.410. The molecule has 2 aromatic rings. The van der Waals surface area contributed by atoms with Crippen LogP contribution >= 0.6 is 11.9 Å². The smallest absolute Gasteiger partial charge is 0.439 e. The summed E-state index contributed by atoms with van der Waals surface area (Å²) in [7, 11) is 1.39. The molecule has 0 radical (unpaired) electrons. The first-order valence-electron chi connectivity index (χ1n) is 7.37. The molecule has 0 spiro atoms. The maximum atomic E-state index is 12.1. The van der Waals surface area contributed by atoms with Gasteiger partial charge in [0.05, 0.1) is 18.1 Å². The summed E-state index contributed by atoms with van der Waals surface area (Å²) < 4.78 is 8.14. The van der Waals surface area contributed by atoms with Crippen molar-refractivity contribution in [2.45, 2.75) is 13.8 Å². The summed E-state index contributed by atoms with van der Waals surface area (Å²) >= 11 is 1.43. The third-order valence-electron chi connectivity index (χ3n) is 3.48. The molecule has 1 heterocycles. The average molecular weight is 322 g/mol. The first-order chi connectivity index (χ1) is 10.7. The minimum absolute atomic E-state index is 0.410. The number of rotatable bonds is 7.